The Hall–Kier alpha value is -3.26. The Balaban J connectivity index is 2.09. The fourth-order valence-corrected chi connectivity index (χ4v) is 3.00. The molecule has 2 heteroatoms. The van der Waals surface area contributed by atoms with Crippen LogP contribution in [0.3, 0.4) is 0 Å². The minimum Gasteiger partial charge on any atom is -0.455 e. The fourth-order valence-electron chi connectivity index (χ4n) is 3.00. The summed E-state index contributed by atoms with van der Waals surface area (Å²) < 4.78 is 6.03. The van der Waals surface area contributed by atoms with E-state index in [1.165, 1.54) is 0 Å². The van der Waals surface area contributed by atoms with E-state index in [0.29, 0.717) is 0 Å². The highest BCUT2D eigenvalue weighted by atomic mass is 16.3. The van der Waals surface area contributed by atoms with Gasteiger partial charge in [-0.3, -0.25) is 0 Å². The van der Waals surface area contributed by atoms with Gasteiger partial charge in [-0.15, -0.1) is 6.58 Å². The third-order valence-electron chi connectivity index (χ3n) is 4.23. The summed E-state index contributed by atoms with van der Waals surface area (Å²) in [6, 6.07) is 14.5. The molecule has 25 heavy (non-hydrogen) atoms. The Kier molecular flexibility index (Phi) is 4.71. The van der Waals surface area contributed by atoms with Crippen LogP contribution in [0.5, 0.6) is 0 Å². The second-order valence-corrected chi connectivity index (χ2v) is 5.64. The predicted octanol–water partition coefficient (Wildman–Crippen LogP) is 6.52. The summed E-state index contributed by atoms with van der Waals surface area (Å²) >= 11 is 0. The molecule has 0 saturated heterocycles. The smallest absolute Gasteiger partial charge is 0.143 e. The first kappa shape index (κ1) is 16.6. The Labute approximate surface area is 148 Å². The zero-order valence-electron chi connectivity index (χ0n) is 14.2. The number of benzene rings is 2. The van der Waals surface area contributed by atoms with Crippen molar-refractivity contribution in [3.05, 3.63) is 92.4 Å². The average molecular weight is 327 g/mol. The second-order valence-electron chi connectivity index (χ2n) is 5.64. The molecule has 1 heterocycles. The first-order valence-electron chi connectivity index (χ1n) is 8.14. The molecule has 0 amide bonds. The summed E-state index contributed by atoms with van der Waals surface area (Å²) in [7, 11) is 0. The summed E-state index contributed by atoms with van der Waals surface area (Å²) in [5.41, 5.74) is 5.05. The quantitative estimate of drug-likeness (QED) is 0.459. The van der Waals surface area contributed by atoms with Gasteiger partial charge in [0.1, 0.15) is 11.3 Å². The molecule has 3 aromatic rings. The van der Waals surface area contributed by atoms with E-state index >= 15 is 0 Å². The molecule has 2 aromatic carbocycles. The largest absolute Gasteiger partial charge is 0.455 e. The highest BCUT2D eigenvalue weighted by Crippen LogP contribution is 2.35. The van der Waals surface area contributed by atoms with Gasteiger partial charge in [-0.2, -0.15) is 0 Å². The Bertz CT molecular complexity index is 944. The third-order valence-corrected chi connectivity index (χ3v) is 4.23. The summed E-state index contributed by atoms with van der Waals surface area (Å²) in [6.45, 7) is 16.1. The van der Waals surface area contributed by atoms with Gasteiger partial charge in [0.05, 0.1) is 0 Å². The van der Waals surface area contributed by atoms with E-state index in [1.54, 1.807) is 12.3 Å². The molecule has 0 radical (unpaired) electrons. The zero-order valence-corrected chi connectivity index (χ0v) is 14.2. The number of anilines is 1. The summed E-state index contributed by atoms with van der Waals surface area (Å²) in [6.07, 6.45) is 7.19. The number of rotatable bonds is 7. The van der Waals surface area contributed by atoms with Crippen molar-refractivity contribution in [2.24, 2.45) is 0 Å². The van der Waals surface area contributed by atoms with Crippen molar-refractivity contribution in [3.63, 3.8) is 0 Å². The normalized spacial score (nSPS) is 10.4. The number of hydrogen-bond acceptors (Lipinski definition) is 2. The van der Waals surface area contributed by atoms with Crippen molar-refractivity contribution in [2.75, 3.05) is 11.4 Å². The van der Waals surface area contributed by atoms with Crippen LogP contribution in [0.4, 0.5) is 5.69 Å². The molecular formula is C23H21NO. The first-order valence-corrected chi connectivity index (χ1v) is 8.14. The number of furan rings is 1. The molecule has 1 aromatic heterocycles. The maximum atomic E-state index is 6.03. The van der Waals surface area contributed by atoms with Crippen LogP contribution in [0.15, 0.2) is 85.5 Å². The van der Waals surface area contributed by atoms with E-state index in [0.717, 1.165) is 45.7 Å². The van der Waals surface area contributed by atoms with Gasteiger partial charge < -0.3 is 9.32 Å². The van der Waals surface area contributed by atoms with E-state index in [9.17, 15) is 0 Å². The molecular weight excluding hydrogens is 306 g/mol. The SMILES string of the molecule is C=CCN(C=C)c1ccc(-c2cccc3c(C=C)c(C=C)oc23)cc1. The van der Waals surface area contributed by atoms with E-state index in [-0.39, 0.29) is 0 Å². The van der Waals surface area contributed by atoms with Crippen LogP contribution >= 0.6 is 0 Å². The molecule has 3 rings (SSSR count). The lowest BCUT2D eigenvalue weighted by Gasteiger charge is -2.18. The standard InChI is InChI=1S/C23H21NO/c1-5-16-24(8-4)18-14-12-17(13-15-18)20-10-9-11-21-19(6-2)22(7-3)25-23(20)21/h5-15H,1-4,16H2. The van der Waals surface area contributed by atoms with Crippen molar-refractivity contribution >= 4 is 28.8 Å². The topological polar surface area (TPSA) is 16.4 Å². The van der Waals surface area contributed by atoms with Crippen molar-refractivity contribution in [3.8, 4) is 11.1 Å². The maximum Gasteiger partial charge on any atom is 0.143 e. The average Bonchev–Trinajstić information content (AvgIpc) is 3.04. The minimum atomic E-state index is 0.724. The van der Waals surface area contributed by atoms with Gasteiger partial charge in [0.15, 0.2) is 0 Å². The van der Waals surface area contributed by atoms with E-state index < -0.39 is 0 Å². The number of hydrogen-bond donors (Lipinski definition) is 0. The molecule has 0 unspecified atom stereocenters. The predicted molar refractivity (Wildman–Crippen MR) is 110 cm³/mol. The van der Waals surface area contributed by atoms with Crippen molar-refractivity contribution < 1.29 is 4.42 Å². The summed E-state index contributed by atoms with van der Waals surface area (Å²) in [5.74, 6) is 0.748. The van der Waals surface area contributed by atoms with E-state index in [2.05, 4.69) is 56.6 Å². The number of para-hydroxylation sites is 1. The highest BCUT2D eigenvalue weighted by molar-refractivity contribution is 5.99. The molecule has 0 aliphatic rings. The molecule has 0 N–H and O–H groups in total. The van der Waals surface area contributed by atoms with Crippen LogP contribution in [-0.2, 0) is 0 Å². The van der Waals surface area contributed by atoms with Gasteiger partial charge in [0, 0.05) is 28.7 Å². The van der Waals surface area contributed by atoms with Gasteiger partial charge in [-0.05, 0) is 30.0 Å². The highest BCUT2D eigenvalue weighted by Gasteiger charge is 2.14. The first-order chi connectivity index (χ1) is 12.2. The molecule has 0 saturated carbocycles. The fraction of sp³-hybridized carbons (Fsp3) is 0.0435. The van der Waals surface area contributed by atoms with Crippen molar-refractivity contribution in [1.29, 1.82) is 0 Å². The van der Waals surface area contributed by atoms with Gasteiger partial charge in [0.2, 0.25) is 0 Å². The lowest BCUT2D eigenvalue weighted by atomic mass is 10.0. The van der Waals surface area contributed by atoms with Crippen LogP contribution in [0.2, 0.25) is 0 Å². The lowest BCUT2D eigenvalue weighted by Crippen LogP contribution is -2.14. The van der Waals surface area contributed by atoms with Crippen LogP contribution in [0.25, 0.3) is 34.2 Å². The van der Waals surface area contributed by atoms with Crippen LogP contribution in [0, 0.1) is 0 Å². The Morgan fingerprint density at radius 3 is 2.28 bits per heavy atom. The minimum absolute atomic E-state index is 0.724. The van der Waals surface area contributed by atoms with Gasteiger partial charge >= 0.3 is 0 Å². The molecule has 0 atom stereocenters. The molecule has 0 aliphatic heterocycles. The molecule has 124 valence electrons. The van der Waals surface area contributed by atoms with E-state index in [1.807, 2.05) is 29.2 Å². The zero-order chi connectivity index (χ0) is 17.8. The second kappa shape index (κ2) is 7.10. The van der Waals surface area contributed by atoms with Gasteiger partial charge in [-0.1, -0.05) is 62.2 Å². The monoisotopic (exact) mass is 327 g/mol. The van der Waals surface area contributed by atoms with Gasteiger partial charge in [-0.25, -0.2) is 0 Å². The van der Waals surface area contributed by atoms with Crippen LogP contribution < -0.4 is 4.90 Å². The Morgan fingerprint density at radius 2 is 1.68 bits per heavy atom. The maximum absolute atomic E-state index is 6.03. The van der Waals surface area contributed by atoms with Crippen LogP contribution in [-0.4, -0.2) is 6.54 Å². The molecule has 0 spiro atoms. The molecule has 0 bridgehead atoms. The summed E-state index contributed by atoms with van der Waals surface area (Å²) in [4.78, 5) is 2.04. The molecule has 2 nitrogen and oxygen atoms in total. The third kappa shape index (κ3) is 2.94. The number of nitrogens with zero attached hydrogens (tertiary/aromatic N) is 1. The molecule has 0 aliphatic carbocycles. The van der Waals surface area contributed by atoms with Gasteiger partial charge in [0.25, 0.3) is 0 Å². The van der Waals surface area contributed by atoms with Crippen LogP contribution in [0.1, 0.15) is 11.3 Å². The Morgan fingerprint density at radius 1 is 0.920 bits per heavy atom. The number of fused-ring (bicyclic) bond motifs is 1. The summed E-state index contributed by atoms with van der Waals surface area (Å²) in [5, 5.41) is 1.05. The molecule has 0 fully saturated rings. The van der Waals surface area contributed by atoms with E-state index in [4.69, 9.17) is 4.42 Å². The van der Waals surface area contributed by atoms with Crippen molar-refractivity contribution in [2.45, 2.75) is 0 Å². The lowest BCUT2D eigenvalue weighted by molar-refractivity contribution is 0.604. The van der Waals surface area contributed by atoms with Crippen molar-refractivity contribution in [1.82, 2.24) is 0 Å².